The largest absolute Gasteiger partial charge is 0.489 e. The Bertz CT molecular complexity index is 586. The number of hydrogen-bond donors (Lipinski definition) is 0. The van der Waals surface area contributed by atoms with Crippen molar-refractivity contribution in [1.82, 2.24) is 9.97 Å². The van der Waals surface area contributed by atoms with Gasteiger partial charge in [-0.25, -0.2) is 9.37 Å². The van der Waals surface area contributed by atoms with Gasteiger partial charge in [0.15, 0.2) is 0 Å². The predicted molar refractivity (Wildman–Crippen MR) is 68.5 cm³/mol. The molecular formula is C13H11FN2OS. The second-order valence-corrected chi connectivity index (χ2v) is 4.51. The maximum atomic E-state index is 12.0. The van der Waals surface area contributed by atoms with Crippen LogP contribution in [-0.2, 0) is 0 Å². The first-order valence-electron chi connectivity index (χ1n) is 5.36. The molecule has 0 atom stereocenters. The summed E-state index contributed by atoms with van der Waals surface area (Å²) in [5.74, 6) is 6.42. The van der Waals surface area contributed by atoms with Crippen molar-refractivity contribution in [1.29, 1.82) is 0 Å². The quantitative estimate of drug-likeness (QED) is 0.797. The number of nitrogens with zero attached hydrogens (tertiary/aromatic N) is 2. The number of pyridine rings is 1. The van der Waals surface area contributed by atoms with Gasteiger partial charge in [0.25, 0.3) is 0 Å². The molecule has 0 bridgehead atoms. The molecule has 92 valence electrons. The summed E-state index contributed by atoms with van der Waals surface area (Å²) >= 11 is 1.56. The molecule has 3 nitrogen and oxygen atoms in total. The van der Waals surface area contributed by atoms with E-state index in [0.29, 0.717) is 5.75 Å². The van der Waals surface area contributed by atoms with Crippen LogP contribution in [0.4, 0.5) is 4.39 Å². The fraction of sp³-hybridized carbons (Fsp3) is 0.231. The molecule has 0 spiro atoms. The molecule has 0 saturated carbocycles. The van der Waals surface area contributed by atoms with Gasteiger partial charge in [0.2, 0.25) is 0 Å². The maximum Gasteiger partial charge on any atom is 0.138 e. The van der Waals surface area contributed by atoms with E-state index >= 15 is 0 Å². The molecule has 2 heterocycles. The Balaban J connectivity index is 2.12. The molecular weight excluding hydrogens is 250 g/mol. The Morgan fingerprint density at radius 2 is 2.28 bits per heavy atom. The average Bonchev–Trinajstić information content (AvgIpc) is 2.80. The van der Waals surface area contributed by atoms with Gasteiger partial charge >= 0.3 is 0 Å². The molecule has 5 heteroatoms. The van der Waals surface area contributed by atoms with Crippen molar-refractivity contribution in [2.45, 2.75) is 6.92 Å². The van der Waals surface area contributed by atoms with Gasteiger partial charge in [-0.2, -0.15) is 0 Å². The van der Waals surface area contributed by atoms with E-state index < -0.39 is 6.67 Å². The van der Waals surface area contributed by atoms with Crippen molar-refractivity contribution in [2.24, 2.45) is 0 Å². The van der Waals surface area contributed by atoms with Crippen molar-refractivity contribution in [3.05, 3.63) is 40.1 Å². The number of aromatic nitrogens is 2. The second-order valence-electron chi connectivity index (χ2n) is 3.45. The van der Waals surface area contributed by atoms with Crippen LogP contribution in [0.1, 0.15) is 16.3 Å². The van der Waals surface area contributed by atoms with Crippen molar-refractivity contribution in [2.75, 3.05) is 13.3 Å². The van der Waals surface area contributed by atoms with E-state index in [1.54, 1.807) is 23.6 Å². The molecule has 0 aliphatic heterocycles. The molecule has 0 amide bonds. The summed E-state index contributed by atoms with van der Waals surface area (Å²) in [6.45, 7) is 1.45. The number of aryl methyl sites for hydroxylation is 1. The normalized spacial score (nSPS) is 9.67. The number of thiazole rings is 1. The Morgan fingerprint density at radius 3 is 3.00 bits per heavy atom. The lowest BCUT2D eigenvalue weighted by molar-refractivity contribution is 0.272. The lowest BCUT2D eigenvalue weighted by atomic mass is 10.3. The fourth-order valence-corrected chi connectivity index (χ4v) is 1.82. The predicted octanol–water partition coefficient (Wildman–Crippen LogP) is 2.59. The Labute approximate surface area is 109 Å². The van der Waals surface area contributed by atoms with Gasteiger partial charge in [-0.3, -0.25) is 4.98 Å². The highest BCUT2D eigenvalue weighted by molar-refractivity contribution is 7.09. The minimum absolute atomic E-state index is 0.0316. The third-order valence-electron chi connectivity index (χ3n) is 2.01. The molecule has 18 heavy (non-hydrogen) atoms. The smallest absolute Gasteiger partial charge is 0.138 e. The summed E-state index contributed by atoms with van der Waals surface area (Å²) in [6.07, 6.45) is 3.17. The zero-order valence-corrected chi connectivity index (χ0v) is 10.6. The molecule has 2 aromatic rings. The van der Waals surface area contributed by atoms with Gasteiger partial charge < -0.3 is 4.74 Å². The second kappa shape index (κ2) is 6.12. The van der Waals surface area contributed by atoms with E-state index in [-0.39, 0.29) is 6.61 Å². The van der Waals surface area contributed by atoms with Crippen molar-refractivity contribution in [3.63, 3.8) is 0 Å². The molecule has 0 fully saturated rings. The van der Waals surface area contributed by atoms with Crippen molar-refractivity contribution in [3.8, 4) is 17.6 Å². The van der Waals surface area contributed by atoms with Gasteiger partial charge in [-0.15, -0.1) is 11.3 Å². The van der Waals surface area contributed by atoms with Crippen LogP contribution in [0.5, 0.6) is 5.75 Å². The first-order chi connectivity index (χ1) is 8.78. The van der Waals surface area contributed by atoms with E-state index in [9.17, 15) is 4.39 Å². The summed E-state index contributed by atoms with van der Waals surface area (Å²) < 4.78 is 17.1. The molecule has 0 radical (unpaired) electrons. The Hall–Kier alpha value is -1.93. The molecule has 0 N–H and O–H groups in total. The van der Waals surface area contributed by atoms with Gasteiger partial charge in [0.05, 0.1) is 11.2 Å². The van der Waals surface area contributed by atoms with Gasteiger partial charge in [0.1, 0.15) is 24.7 Å². The van der Waals surface area contributed by atoms with E-state index in [4.69, 9.17) is 4.74 Å². The van der Waals surface area contributed by atoms with Crippen LogP contribution >= 0.6 is 11.3 Å². The monoisotopic (exact) mass is 261 g/mol. The minimum atomic E-state index is -0.520. The van der Waals surface area contributed by atoms with Crippen LogP contribution in [0.25, 0.3) is 0 Å². The summed E-state index contributed by atoms with van der Waals surface area (Å²) in [6, 6.07) is 1.73. The molecule has 2 aromatic heterocycles. The summed E-state index contributed by atoms with van der Waals surface area (Å²) in [5.41, 5.74) is 1.46. The summed E-state index contributed by atoms with van der Waals surface area (Å²) in [5, 5.41) is 2.89. The highest BCUT2D eigenvalue weighted by Gasteiger charge is 1.96. The molecule has 0 unspecified atom stereocenters. The highest BCUT2D eigenvalue weighted by Crippen LogP contribution is 2.11. The fourth-order valence-electron chi connectivity index (χ4n) is 1.28. The van der Waals surface area contributed by atoms with Gasteiger partial charge in [-0.1, -0.05) is 5.92 Å². The lowest BCUT2D eigenvalue weighted by Crippen LogP contribution is -1.99. The average molecular weight is 261 g/mol. The summed E-state index contributed by atoms with van der Waals surface area (Å²) in [4.78, 5) is 8.23. The molecule has 0 aliphatic rings. The number of ether oxygens (including phenoxy) is 1. The molecule has 0 aromatic carbocycles. The van der Waals surface area contributed by atoms with Crippen LogP contribution < -0.4 is 4.74 Å². The zero-order chi connectivity index (χ0) is 12.8. The highest BCUT2D eigenvalue weighted by atomic mass is 32.1. The van der Waals surface area contributed by atoms with Crippen molar-refractivity contribution < 1.29 is 9.13 Å². The first kappa shape index (κ1) is 12.5. The number of halogens is 1. The minimum Gasteiger partial charge on any atom is -0.489 e. The number of rotatable bonds is 3. The van der Waals surface area contributed by atoms with Crippen LogP contribution in [0.15, 0.2) is 23.8 Å². The van der Waals surface area contributed by atoms with E-state index in [1.807, 2.05) is 12.3 Å². The third kappa shape index (κ3) is 3.54. The van der Waals surface area contributed by atoms with Crippen LogP contribution in [-0.4, -0.2) is 23.2 Å². The SMILES string of the molecule is Cc1nc(C#Cc2cncc(OCC[18F])c2)cs1. The molecule has 0 saturated heterocycles. The summed E-state index contributed by atoms with van der Waals surface area (Å²) in [7, 11) is 0. The van der Waals surface area contributed by atoms with E-state index in [1.165, 1.54) is 6.20 Å². The molecule has 2 rings (SSSR count). The van der Waals surface area contributed by atoms with Gasteiger partial charge in [-0.05, 0) is 18.9 Å². The first-order valence-corrected chi connectivity index (χ1v) is 6.24. The topological polar surface area (TPSA) is 35.0 Å². The Morgan fingerprint density at radius 1 is 1.39 bits per heavy atom. The lowest BCUT2D eigenvalue weighted by Gasteiger charge is -2.02. The Kier molecular flexibility index (Phi) is 4.26. The maximum absolute atomic E-state index is 12.0. The standard InChI is InChI=1S/C13H11FN2OS/c1-10-16-12(9-18-10)3-2-11-6-13(8-15-7-11)17-5-4-14/h6-9H,4-5H2,1H3/i14-1. The van der Waals surface area contributed by atoms with Crippen LogP contribution in [0.3, 0.4) is 0 Å². The zero-order valence-electron chi connectivity index (χ0n) is 9.81. The van der Waals surface area contributed by atoms with Gasteiger partial charge in [0, 0.05) is 17.1 Å². The van der Waals surface area contributed by atoms with Crippen LogP contribution in [0, 0.1) is 18.8 Å². The third-order valence-corrected chi connectivity index (χ3v) is 2.79. The van der Waals surface area contributed by atoms with Crippen LogP contribution in [0.2, 0.25) is 0 Å². The van der Waals surface area contributed by atoms with E-state index in [2.05, 4.69) is 21.8 Å². The molecule has 0 aliphatic carbocycles. The number of hydrogen-bond acceptors (Lipinski definition) is 4. The van der Waals surface area contributed by atoms with Crippen molar-refractivity contribution >= 4 is 11.3 Å². The van der Waals surface area contributed by atoms with E-state index in [0.717, 1.165) is 16.3 Å². The number of alkyl halides is 1.